The number of aromatic amines is 1. The highest BCUT2D eigenvalue weighted by atomic mass is 15.1. The van der Waals surface area contributed by atoms with E-state index >= 15 is 0 Å². The fourth-order valence-electron chi connectivity index (χ4n) is 3.35. The minimum Gasteiger partial charge on any atom is -0.373 e. The van der Waals surface area contributed by atoms with Crippen LogP contribution >= 0.6 is 0 Å². The SMILES string of the molecule is Cc1nc(-c2cc(C3=CC=CN(CC4CCC4)C3)ccn2)[nH]c1C. The molecule has 0 unspecified atom stereocenters. The lowest BCUT2D eigenvalue weighted by molar-refractivity contribution is 0.235. The lowest BCUT2D eigenvalue weighted by atomic mass is 9.85. The van der Waals surface area contributed by atoms with Crippen LogP contribution in [0.3, 0.4) is 0 Å². The van der Waals surface area contributed by atoms with E-state index in [1.165, 1.54) is 36.9 Å². The molecule has 124 valence electrons. The van der Waals surface area contributed by atoms with Crippen molar-refractivity contribution >= 4 is 5.57 Å². The number of allylic oxidation sites excluding steroid dienone is 2. The predicted molar refractivity (Wildman–Crippen MR) is 97.3 cm³/mol. The highest BCUT2D eigenvalue weighted by Gasteiger charge is 2.21. The van der Waals surface area contributed by atoms with Gasteiger partial charge in [-0.15, -0.1) is 0 Å². The fraction of sp³-hybridized carbons (Fsp3) is 0.400. The number of H-pyrrole nitrogens is 1. The van der Waals surface area contributed by atoms with Crippen LogP contribution in [0.5, 0.6) is 0 Å². The molecule has 4 rings (SSSR count). The van der Waals surface area contributed by atoms with Crippen LogP contribution in [-0.4, -0.2) is 32.9 Å². The van der Waals surface area contributed by atoms with Gasteiger partial charge in [-0.2, -0.15) is 0 Å². The zero-order valence-corrected chi connectivity index (χ0v) is 14.4. The van der Waals surface area contributed by atoms with Gasteiger partial charge < -0.3 is 9.88 Å². The number of hydrogen-bond donors (Lipinski definition) is 1. The number of rotatable bonds is 4. The molecular formula is C20H24N4. The molecule has 1 aliphatic carbocycles. The Labute approximate surface area is 143 Å². The quantitative estimate of drug-likeness (QED) is 0.922. The van der Waals surface area contributed by atoms with E-state index < -0.39 is 0 Å². The third kappa shape index (κ3) is 3.01. The molecule has 1 N–H and O–H groups in total. The number of pyridine rings is 1. The summed E-state index contributed by atoms with van der Waals surface area (Å²) in [6.07, 6.45) is 12.7. The van der Waals surface area contributed by atoms with E-state index in [1.54, 1.807) is 0 Å². The first-order chi connectivity index (χ1) is 11.7. The van der Waals surface area contributed by atoms with E-state index in [9.17, 15) is 0 Å². The second kappa shape index (κ2) is 6.27. The summed E-state index contributed by atoms with van der Waals surface area (Å²) in [6.45, 7) is 6.23. The summed E-state index contributed by atoms with van der Waals surface area (Å²) in [5.41, 5.74) is 5.62. The molecular weight excluding hydrogens is 296 g/mol. The van der Waals surface area contributed by atoms with Gasteiger partial charge in [0, 0.05) is 25.0 Å². The van der Waals surface area contributed by atoms with Crippen molar-refractivity contribution in [3.63, 3.8) is 0 Å². The second-order valence-electron chi connectivity index (χ2n) is 6.99. The maximum atomic E-state index is 4.58. The van der Waals surface area contributed by atoms with Crippen LogP contribution in [0.4, 0.5) is 0 Å². The van der Waals surface area contributed by atoms with Gasteiger partial charge in [0.1, 0.15) is 5.69 Å². The molecule has 2 aromatic heterocycles. The third-order valence-corrected chi connectivity index (χ3v) is 5.19. The van der Waals surface area contributed by atoms with Gasteiger partial charge in [-0.05, 0) is 68.2 Å². The van der Waals surface area contributed by atoms with Crippen molar-refractivity contribution in [3.8, 4) is 11.5 Å². The molecule has 0 bridgehead atoms. The number of nitrogens with zero attached hydrogens (tertiary/aromatic N) is 3. The minimum absolute atomic E-state index is 0.852. The predicted octanol–water partition coefficient (Wildman–Crippen LogP) is 4.10. The van der Waals surface area contributed by atoms with E-state index in [0.717, 1.165) is 35.4 Å². The summed E-state index contributed by atoms with van der Waals surface area (Å²) >= 11 is 0. The van der Waals surface area contributed by atoms with Crippen molar-refractivity contribution < 1.29 is 0 Å². The van der Waals surface area contributed by atoms with Crippen LogP contribution < -0.4 is 0 Å². The number of aryl methyl sites for hydroxylation is 2. The van der Waals surface area contributed by atoms with E-state index in [2.05, 4.69) is 50.3 Å². The normalized spacial score (nSPS) is 17.8. The van der Waals surface area contributed by atoms with E-state index in [-0.39, 0.29) is 0 Å². The molecule has 2 aromatic rings. The molecule has 4 heteroatoms. The number of imidazole rings is 1. The van der Waals surface area contributed by atoms with Crippen LogP contribution in [0.25, 0.3) is 17.1 Å². The minimum atomic E-state index is 0.852. The fourth-order valence-corrected chi connectivity index (χ4v) is 3.35. The number of hydrogen-bond acceptors (Lipinski definition) is 3. The van der Waals surface area contributed by atoms with Crippen molar-refractivity contribution in [2.75, 3.05) is 13.1 Å². The lowest BCUT2D eigenvalue weighted by Gasteiger charge is -2.33. The number of aromatic nitrogens is 3. The van der Waals surface area contributed by atoms with Crippen molar-refractivity contribution in [2.45, 2.75) is 33.1 Å². The molecule has 1 aliphatic heterocycles. The second-order valence-corrected chi connectivity index (χ2v) is 6.99. The maximum absolute atomic E-state index is 4.58. The maximum Gasteiger partial charge on any atom is 0.156 e. The highest BCUT2D eigenvalue weighted by molar-refractivity contribution is 5.72. The molecule has 2 aliphatic rings. The molecule has 1 saturated carbocycles. The van der Waals surface area contributed by atoms with Gasteiger partial charge >= 0.3 is 0 Å². The first kappa shape index (κ1) is 15.2. The molecule has 0 amide bonds. The summed E-state index contributed by atoms with van der Waals surface area (Å²) < 4.78 is 0. The van der Waals surface area contributed by atoms with Crippen LogP contribution in [0.1, 0.15) is 36.2 Å². The Morgan fingerprint density at radius 1 is 1.29 bits per heavy atom. The van der Waals surface area contributed by atoms with Crippen LogP contribution in [0, 0.1) is 19.8 Å². The Bertz CT molecular complexity index is 776. The van der Waals surface area contributed by atoms with Crippen molar-refractivity contribution in [3.05, 3.63) is 53.6 Å². The first-order valence-corrected chi connectivity index (χ1v) is 8.80. The summed E-state index contributed by atoms with van der Waals surface area (Å²) in [7, 11) is 0. The van der Waals surface area contributed by atoms with Crippen molar-refractivity contribution in [2.24, 2.45) is 5.92 Å². The summed E-state index contributed by atoms with van der Waals surface area (Å²) in [5.74, 6) is 1.74. The third-order valence-electron chi connectivity index (χ3n) is 5.19. The summed E-state index contributed by atoms with van der Waals surface area (Å²) in [4.78, 5) is 14.8. The van der Waals surface area contributed by atoms with Gasteiger partial charge in [-0.1, -0.05) is 12.5 Å². The van der Waals surface area contributed by atoms with E-state index in [1.807, 2.05) is 20.0 Å². The topological polar surface area (TPSA) is 44.8 Å². The van der Waals surface area contributed by atoms with Gasteiger partial charge in [-0.25, -0.2) is 4.98 Å². The molecule has 24 heavy (non-hydrogen) atoms. The average Bonchev–Trinajstić information content (AvgIpc) is 2.91. The smallest absolute Gasteiger partial charge is 0.156 e. The van der Waals surface area contributed by atoms with Crippen LogP contribution in [-0.2, 0) is 0 Å². The molecule has 0 atom stereocenters. The van der Waals surface area contributed by atoms with E-state index in [0.29, 0.717) is 0 Å². The largest absolute Gasteiger partial charge is 0.373 e. The van der Waals surface area contributed by atoms with Gasteiger partial charge in [0.15, 0.2) is 5.82 Å². The van der Waals surface area contributed by atoms with E-state index in [4.69, 9.17) is 0 Å². The number of nitrogens with one attached hydrogen (secondary N) is 1. The Morgan fingerprint density at radius 2 is 2.17 bits per heavy atom. The zero-order valence-electron chi connectivity index (χ0n) is 14.4. The summed E-state index contributed by atoms with van der Waals surface area (Å²) in [5, 5.41) is 0. The lowest BCUT2D eigenvalue weighted by Crippen LogP contribution is -2.30. The Hall–Kier alpha value is -2.36. The van der Waals surface area contributed by atoms with Gasteiger partial charge in [0.25, 0.3) is 0 Å². The zero-order chi connectivity index (χ0) is 16.5. The van der Waals surface area contributed by atoms with Gasteiger partial charge in [0.05, 0.1) is 5.69 Å². The Kier molecular flexibility index (Phi) is 3.97. The molecule has 0 aromatic carbocycles. The molecule has 0 spiro atoms. The van der Waals surface area contributed by atoms with Gasteiger partial charge in [-0.3, -0.25) is 4.98 Å². The Balaban J connectivity index is 1.54. The molecule has 1 fully saturated rings. The summed E-state index contributed by atoms with van der Waals surface area (Å²) in [6, 6.07) is 4.24. The van der Waals surface area contributed by atoms with Crippen molar-refractivity contribution in [1.29, 1.82) is 0 Å². The van der Waals surface area contributed by atoms with Gasteiger partial charge in [0.2, 0.25) is 0 Å². The van der Waals surface area contributed by atoms with Crippen LogP contribution in [0.15, 0.2) is 36.7 Å². The first-order valence-electron chi connectivity index (χ1n) is 8.80. The monoisotopic (exact) mass is 320 g/mol. The van der Waals surface area contributed by atoms with Crippen molar-refractivity contribution in [1.82, 2.24) is 19.9 Å². The highest BCUT2D eigenvalue weighted by Crippen LogP contribution is 2.29. The standard InChI is InChI=1S/C20H24N4/c1-14-15(2)23-20(22-14)19-11-17(8-9-21-19)18-7-4-10-24(13-18)12-16-5-3-6-16/h4,7-11,16H,3,5-6,12-13H2,1-2H3,(H,22,23). The molecule has 3 heterocycles. The molecule has 0 saturated heterocycles. The average molecular weight is 320 g/mol. The molecule has 0 radical (unpaired) electrons. The van der Waals surface area contributed by atoms with Crippen LogP contribution in [0.2, 0.25) is 0 Å². The Morgan fingerprint density at radius 3 is 2.88 bits per heavy atom. The molecule has 4 nitrogen and oxygen atoms in total.